The van der Waals surface area contributed by atoms with Crippen molar-refractivity contribution in [3.05, 3.63) is 57.6 Å². The second kappa shape index (κ2) is 12.3. The lowest BCUT2D eigenvalue weighted by molar-refractivity contribution is 0.226. The van der Waals surface area contributed by atoms with Crippen LogP contribution in [0.5, 0.6) is 0 Å². The maximum atomic E-state index is 10.8. The van der Waals surface area contributed by atoms with Gasteiger partial charge in [-0.2, -0.15) is 0 Å². The molecule has 6 heteroatoms. The fourth-order valence-electron chi connectivity index (χ4n) is 6.69. The highest BCUT2D eigenvalue weighted by Crippen LogP contribution is 2.42. The standard InChI is InChI=1S/C31H40N2O2S2/c34-30(36)23-11-12-25-24(19-23)21-28-26(10-8-18-33-15-5-2-6-16-33)29(31(35)37)22(20-27(25)28)9-7-17-32-13-3-1-4-14-32/h11-12,19-20H,1-10,13-18,21H2,(H,34,36)(H,35,37). The summed E-state index contributed by atoms with van der Waals surface area (Å²) in [4.78, 5) is 5.17. The van der Waals surface area contributed by atoms with Gasteiger partial charge in [0.1, 0.15) is 0 Å². The van der Waals surface area contributed by atoms with Crippen molar-refractivity contribution in [2.24, 2.45) is 0 Å². The highest BCUT2D eigenvalue weighted by atomic mass is 32.1. The second-order valence-corrected chi connectivity index (χ2v) is 11.9. The van der Waals surface area contributed by atoms with E-state index in [0.717, 1.165) is 50.8 Å². The highest BCUT2D eigenvalue weighted by molar-refractivity contribution is 7.80. The van der Waals surface area contributed by atoms with Crippen molar-refractivity contribution in [1.29, 1.82) is 0 Å². The van der Waals surface area contributed by atoms with E-state index in [2.05, 4.69) is 21.9 Å². The van der Waals surface area contributed by atoms with E-state index in [1.54, 1.807) is 0 Å². The van der Waals surface area contributed by atoms with Crippen molar-refractivity contribution >= 4 is 34.5 Å². The average Bonchev–Trinajstić information content (AvgIpc) is 3.27. The van der Waals surface area contributed by atoms with E-state index in [9.17, 15) is 10.2 Å². The van der Waals surface area contributed by atoms with Crippen LogP contribution in [0.1, 0.15) is 84.7 Å². The molecule has 0 saturated carbocycles. The number of thiocarbonyl (C=S) groups is 2. The highest BCUT2D eigenvalue weighted by Gasteiger charge is 2.27. The van der Waals surface area contributed by atoms with Crippen LogP contribution in [-0.4, -0.2) is 69.4 Å². The number of nitrogens with zero attached hydrogens (tertiary/aromatic N) is 2. The topological polar surface area (TPSA) is 46.9 Å². The maximum Gasteiger partial charge on any atom is 0.189 e. The third kappa shape index (κ3) is 6.25. The summed E-state index contributed by atoms with van der Waals surface area (Å²) in [5, 5.41) is 20.7. The van der Waals surface area contributed by atoms with Gasteiger partial charge in [-0.15, -0.1) is 0 Å². The van der Waals surface area contributed by atoms with Gasteiger partial charge in [0.25, 0.3) is 0 Å². The summed E-state index contributed by atoms with van der Waals surface area (Å²) in [7, 11) is 0. The molecule has 2 saturated heterocycles. The molecule has 0 spiro atoms. The van der Waals surface area contributed by atoms with Crippen molar-refractivity contribution in [2.45, 2.75) is 70.6 Å². The van der Waals surface area contributed by atoms with Crippen LogP contribution in [0.3, 0.4) is 0 Å². The Hall–Kier alpha value is -1.86. The fraction of sp³-hybridized carbons (Fsp3) is 0.548. The molecule has 2 aliphatic heterocycles. The van der Waals surface area contributed by atoms with E-state index < -0.39 is 0 Å². The number of hydrogen-bond donors (Lipinski definition) is 2. The van der Waals surface area contributed by atoms with Crippen LogP contribution >= 0.6 is 24.4 Å². The summed E-state index contributed by atoms with van der Waals surface area (Å²) in [6, 6.07) is 8.35. The van der Waals surface area contributed by atoms with E-state index in [-0.39, 0.29) is 10.1 Å². The van der Waals surface area contributed by atoms with E-state index in [4.69, 9.17) is 24.4 Å². The number of hydrogen-bond acceptors (Lipinski definition) is 4. The molecule has 4 nitrogen and oxygen atoms in total. The van der Waals surface area contributed by atoms with Gasteiger partial charge in [-0.05, 0) is 167 Å². The zero-order valence-corrected chi connectivity index (χ0v) is 23.6. The predicted octanol–water partition coefficient (Wildman–Crippen LogP) is 6.56. The number of aryl methyl sites for hydroxylation is 1. The van der Waals surface area contributed by atoms with Gasteiger partial charge in [-0.3, -0.25) is 0 Å². The van der Waals surface area contributed by atoms with Crippen molar-refractivity contribution in [2.75, 3.05) is 39.3 Å². The molecule has 0 amide bonds. The van der Waals surface area contributed by atoms with Gasteiger partial charge in [0.2, 0.25) is 0 Å². The average molecular weight is 537 g/mol. The first kappa shape index (κ1) is 26.7. The molecule has 2 fully saturated rings. The largest absolute Gasteiger partial charge is 0.499 e. The van der Waals surface area contributed by atoms with Gasteiger partial charge in [-0.25, -0.2) is 0 Å². The SMILES string of the molecule is OC(=S)c1ccc2c(c1)Cc1c-2cc(CCCN2CCCCC2)c(C(O)=S)c1CCCN1CCCCC1. The summed E-state index contributed by atoms with van der Waals surface area (Å²) in [5.74, 6) is 0. The summed E-state index contributed by atoms with van der Waals surface area (Å²) in [6.45, 7) is 7.03. The van der Waals surface area contributed by atoms with Gasteiger partial charge in [0, 0.05) is 11.1 Å². The quantitative estimate of drug-likeness (QED) is 0.286. The lowest BCUT2D eigenvalue weighted by atomic mass is 9.87. The van der Waals surface area contributed by atoms with Crippen molar-refractivity contribution in [3.63, 3.8) is 0 Å². The molecule has 2 aromatic carbocycles. The monoisotopic (exact) mass is 536 g/mol. The Morgan fingerprint density at radius 1 is 0.730 bits per heavy atom. The Bertz CT molecular complexity index is 1150. The molecule has 3 aliphatic rings. The number of aliphatic hydroxyl groups excluding tert-OH is 2. The molecule has 198 valence electrons. The van der Waals surface area contributed by atoms with Gasteiger partial charge in [0.15, 0.2) is 10.1 Å². The van der Waals surface area contributed by atoms with Crippen molar-refractivity contribution in [3.8, 4) is 11.1 Å². The van der Waals surface area contributed by atoms with Crippen molar-refractivity contribution in [1.82, 2.24) is 9.80 Å². The van der Waals surface area contributed by atoms with Gasteiger partial charge >= 0.3 is 0 Å². The zero-order chi connectivity index (χ0) is 25.8. The molecule has 2 heterocycles. The molecule has 0 aromatic heterocycles. The van der Waals surface area contributed by atoms with E-state index in [1.165, 1.54) is 98.1 Å². The van der Waals surface area contributed by atoms with Gasteiger partial charge in [-0.1, -0.05) is 25.0 Å². The van der Waals surface area contributed by atoms with Gasteiger partial charge in [0.05, 0.1) is 0 Å². The summed E-state index contributed by atoms with van der Waals surface area (Å²) >= 11 is 10.5. The number of rotatable bonds is 10. The molecule has 0 unspecified atom stereocenters. The van der Waals surface area contributed by atoms with E-state index >= 15 is 0 Å². The van der Waals surface area contributed by atoms with Crippen LogP contribution in [0.25, 0.3) is 11.1 Å². The zero-order valence-electron chi connectivity index (χ0n) is 21.9. The molecule has 0 atom stereocenters. The minimum absolute atomic E-state index is 0.0388. The molecule has 2 aromatic rings. The number of benzene rings is 2. The molecule has 37 heavy (non-hydrogen) atoms. The van der Waals surface area contributed by atoms with Crippen LogP contribution in [0.15, 0.2) is 24.3 Å². The fourth-order valence-corrected chi connectivity index (χ4v) is 7.07. The number of likely N-dealkylation sites (tertiary alicyclic amines) is 2. The first-order valence-corrected chi connectivity index (χ1v) is 15.0. The Morgan fingerprint density at radius 2 is 1.35 bits per heavy atom. The summed E-state index contributed by atoms with van der Waals surface area (Å²) in [5.41, 5.74) is 9.02. The molecule has 1 aliphatic carbocycles. The van der Waals surface area contributed by atoms with Crippen LogP contribution < -0.4 is 0 Å². The van der Waals surface area contributed by atoms with E-state index in [1.807, 2.05) is 12.1 Å². The van der Waals surface area contributed by atoms with Gasteiger partial charge < -0.3 is 20.0 Å². The lowest BCUT2D eigenvalue weighted by Gasteiger charge is -2.27. The Balaban J connectivity index is 1.44. The minimum Gasteiger partial charge on any atom is -0.499 e. The van der Waals surface area contributed by atoms with Crippen LogP contribution in [0, 0.1) is 0 Å². The number of fused-ring (bicyclic) bond motifs is 3. The first-order valence-electron chi connectivity index (χ1n) is 14.2. The molecule has 0 bridgehead atoms. The first-order chi connectivity index (χ1) is 18.0. The van der Waals surface area contributed by atoms with Crippen molar-refractivity contribution < 1.29 is 10.2 Å². The minimum atomic E-state index is -0.0591. The lowest BCUT2D eigenvalue weighted by Crippen LogP contribution is -2.31. The molecule has 2 N–H and O–H groups in total. The number of piperidine rings is 2. The van der Waals surface area contributed by atoms with Crippen LogP contribution in [-0.2, 0) is 19.3 Å². The predicted molar refractivity (Wildman–Crippen MR) is 161 cm³/mol. The third-order valence-corrected chi connectivity index (χ3v) is 9.01. The van der Waals surface area contributed by atoms with Crippen LogP contribution in [0.2, 0.25) is 0 Å². The third-order valence-electron chi connectivity index (χ3n) is 8.57. The summed E-state index contributed by atoms with van der Waals surface area (Å²) < 4.78 is 0. The molecular weight excluding hydrogens is 496 g/mol. The smallest absolute Gasteiger partial charge is 0.189 e. The Kier molecular flexibility index (Phi) is 8.91. The number of aliphatic hydroxyl groups is 2. The van der Waals surface area contributed by atoms with Crippen LogP contribution in [0.4, 0.5) is 0 Å². The molecule has 0 radical (unpaired) electrons. The Labute approximate surface area is 232 Å². The molecule has 5 rings (SSSR count). The molecular formula is C31H40N2O2S2. The Morgan fingerprint density at radius 3 is 1.95 bits per heavy atom. The normalized spacial score (nSPS) is 17.9. The second-order valence-electron chi connectivity index (χ2n) is 11.1. The summed E-state index contributed by atoms with van der Waals surface area (Å²) in [6.07, 6.45) is 12.7. The van der Waals surface area contributed by atoms with E-state index in [0.29, 0.717) is 5.56 Å². The maximum absolute atomic E-state index is 10.8.